The molecule has 130 valence electrons. The van der Waals surface area contributed by atoms with E-state index in [1.807, 2.05) is 0 Å². The normalized spacial score (nSPS) is 22.4. The van der Waals surface area contributed by atoms with E-state index in [0.717, 1.165) is 0 Å². The van der Waals surface area contributed by atoms with Crippen LogP contribution >= 0.6 is 0 Å². The third-order valence-electron chi connectivity index (χ3n) is 3.83. The predicted molar refractivity (Wildman–Crippen MR) is 87.9 cm³/mol. The smallest absolute Gasteiger partial charge is 0.340 e. The minimum Gasteiger partial charge on any atom is -0.459 e. The minimum atomic E-state index is -0.878. The quantitative estimate of drug-likeness (QED) is 0.839. The lowest BCUT2D eigenvalue weighted by Crippen LogP contribution is -2.28. The summed E-state index contributed by atoms with van der Waals surface area (Å²) in [6.07, 6.45) is -2.35. The zero-order chi connectivity index (χ0) is 17.6. The van der Waals surface area contributed by atoms with Crippen molar-refractivity contribution < 1.29 is 28.9 Å². The van der Waals surface area contributed by atoms with Gasteiger partial charge in [-0.15, -0.1) is 0 Å². The first-order chi connectivity index (χ1) is 12.1. The number of aliphatic hydroxyl groups excluding tert-OH is 1. The van der Waals surface area contributed by atoms with Crippen molar-refractivity contribution in [2.45, 2.75) is 24.9 Å². The second-order valence-corrected chi connectivity index (χ2v) is 5.64. The molecule has 2 aromatic rings. The van der Waals surface area contributed by atoms with Gasteiger partial charge in [-0.05, 0) is 24.3 Å². The topological polar surface area (TPSA) is 82.1 Å². The number of rotatable bonds is 5. The molecule has 3 unspecified atom stereocenters. The van der Waals surface area contributed by atoms with Gasteiger partial charge in [0, 0.05) is 6.42 Å². The van der Waals surface area contributed by atoms with Crippen LogP contribution in [0.3, 0.4) is 0 Å². The van der Waals surface area contributed by atoms with E-state index in [2.05, 4.69) is 0 Å². The maximum absolute atomic E-state index is 12.0. The SMILES string of the molecule is O=C(OCC1OC(OC(=O)c2ccccc2)CC1O)c1ccccc1. The molecular formula is C19H18O6. The highest BCUT2D eigenvalue weighted by Gasteiger charge is 2.37. The molecule has 0 bridgehead atoms. The molecule has 0 radical (unpaired) electrons. The van der Waals surface area contributed by atoms with Crippen LogP contribution < -0.4 is 0 Å². The van der Waals surface area contributed by atoms with Crippen molar-refractivity contribution in [1.29, 1.82) is 0 Å². The monoisotopic (exact) mass is 342 g/mol. The first-order valence-corrected chi connectivity index (χ1v) is 7.95. The Morgan fingerprint density at radius 2 is 1.52 bits per heavy atom. The van der Waals surface area contributed by atoms with Crippen molar-refractivity contribution in [3.05, 3.63) is 71.8 Å². The van der Waals surface area contributed by atoms with Crippen molar-refractivity contribution >= 4 is 11.9 Å². The minimum absolute atomic E-state index is 0.117. The molecule has 1 aliphatic rings. The molecule has 1 saturated heterocycles. The predicted octanol–water partition coefficient (Wildman–Crippen LogP) is 2.18. The van der Waals surface area contributed by atoms with Gasteiger partial charge < -0.3 is 19.3 Å². The van der Waals surface area contributed by atoms with Gasteiger partial charge in [-0.3, -0.25) is 0 Å². The Morgan fingerprint density at radius 3 is 2.12 bits per heavy atom. The summed E-state index contributed by atoms with van der Waals surface area (Å²) >= 11 is 0. The lowest BCUT2D eigenvalue weighted by Gasteiger charge is -2.15. The molecule has 1 fully saturated rings. The summed E-state index contributed by atoms with van der Waals surface area (Å²) in [7, 11) is 0. The molecule has 2 aromatic carbocycles. The number of ether oxygens (including phenoxy) is 3. The fourth-order valence-corrected chi connectivity index (χ4v) is 2.49. The van der Waals surface area contributed by atoms with E-state index in [-0.39, 0.29) is 13.0 Å². The van der Waals surface area contributed by atoms with Crippen molar-refractivity contribution in [2.24, 2.45) is 0 Å². The summed E-state index contributed by atoms with van der Waals surface area (Å²) in [6, 6.07) is 17.1. The van der Waals surface area contributed by atoms with Crippen LogP contribution in [0, 0.1) is 0 Å². The number of benzene rings is 2. The van der Waals surface area contributed by atoms with Gasteiger partial charge in [-0.25, -0.2) is 9.59 Å². The standard InChI is InChI=1S/C19H18O6/c20-15-11-17(25-19(22)14-9-5-2-6-10-14)24-16(15)12-23-18(21)13-7-3-1-4-8-13/h1-10,15-17,20H,11-12H2. The lowest BCUT2D eigenvalue weighted by atomic mass is 10.2. The molecule has 6 heteroatoms. The maximum Gasteiger partial charge on any atom is 0.340 e. The average molecular weight is 342 g/mol. The first kappa shape index (κ1) is 17.1. The van der Waals surface area contributed by atoms with E-state index in [9.17, 15) is 14.7 Å². The highest BCUT2D eigenvalue weighted by atomic mass is 16.7. The van der Waals surface area contributed by atoms with Gasteiger partial charge in [0.25, 0.3) is 0 Å². The summed E-state index contributed by atoms with van der Waals surface area (Å²) in [4.78, 5) is 23.9. The van der Waals surface area contributed by atoms with Gasteiger partial charge in [0.2, 0.25) is 6.29 Å². The fourth-order valence-electron chi connectivity index (χ4n) is 2.49. The van der Waals surface area contributed by atoms with E-state index in [1.165, 1.54) is 0 Å². The van der Waals surface area contributed by atoms with Crippen LogP contribution in [0.25, 0.3) is 0 Å². The van der Waals surface area contributed by atoms with E-state index >= 15 is 0 Å². The van der Waals surface area contributed by atoms with Crippen LogP contribution in [0.2, 0.25) is 0 Å². The number of hydrogen-bond acceptors (Lipinski definition) is 6. The third-order valence-corrected chi connectivity index (χ3v) is 3.83. The van der Waals surface area contributed by atoms with Crippen LogP contribution in [0.4, 0.5) is 0 Å². The summed E-state index contributed by atoms with van der Waals surface area (Å²) < 4.78 is 15.9. The van der Waals surface area contributed by atoms with E-state index in [4.69, 9.17) is 14.2 Å². The van der Waals surface area contributed by atoms with E-state index in [1.54, 1.807) is 60.7 Å². The average Bonchev–Trinajstić information content (AvgIpc) is 3.00. The van der Waals surface area contributed by atoms with E-state index < -0.39 is 30.4 Å². The Morgan fingerprint density at radius 1 is 0.960 bits per heavy atom. The molecule has 6 nitrogen and oxygen atoms in total. The number of aliphatic hydroxyl groups is 1. The summed E-state index contributed by atoms with van der Waals surface area (Å²) in [6.45, 7) is -0.117. The molecule has 0 aliphatic carbocycles. The summed E-state index contributed by atoms with van der Waals surface area (Å²) in [5, 5.41) is 10.0. The van der Waals surface area contributed by atoms with Gasteiger partial charge in [-0.2, -0.15) is 0 Å². The zero-order valence-electron chi connectivity index (χ0n) is 13.4. The number of carbonyl (C=O) groups is 2. The largest absolute Gasteiger partial charge is 0.459 e. The second kappa shape index (κ2) is 7.92. The Bertz CT molecular complexity index is 715. The highest BCUT2D eigenvalue weighted by Crippen LogP contribution is 2.23. The lowest BCUT2D eigenvalue weighted by molar-refractivity contribution is -0.117. The van der Waals surface area contributed by atoms with Crippen LogP contribution in [-0.2, 0) is 14.2 Å². The van der Waals surface area contributed by atoms with Gasteiger partial charge in [0.1, 0.15) is 12.7 Å². The second-order valence-electron chi connectivity index (χ2n) is 5.64. The van der Waals surface area contributed by atoms with Gasteiger partial charge in [-0.1, -0.05) is 36.4 Å². The third kappa shape index (κ3) is 4.43. The molecule has 3 atom stereocenters. The van der Waals surface area contributed by atoms with Crippen LogP contribution in [0.15, 0.2) is 60.7 Å². The zero-order valence-corrected chi connectivity index (χ0v) is 13.4. The van der Waals surface area contributed by atoms with Gasteiger partial charge in [0.05, 0.1) is 17.2 Å². The fraction of sp³-hybridized carbons (Fsp3) is 0.263. The van der Waals surface area contributed by atoms with Gasteiger partial charge >= 0.3 is 11.9 Å². The number of hydrogen-bond donors (Lipinski definition) is 1. The van der Waals surface area contributed by atoms with E-state index in [0.29, 0.717) is 11.1 Å². The molecular weight excluding hydrogens is 324 g/mol. The van der Waals surface area contributed by atoms with Crippen LogP contribution in [-0.4, -0.2) is 42.1 Å². The summed E-state index contributed by atoms with van der Waals surface area (Å²) in [5.74, 6) is -1.03. The molecule has 1 N–H and O–H groups in total. The molecule has 1 heterocycles. The maximum atomic E-state index is 12.0. The Balaban J connectivity index is 1.50. The molecule has 3 rings (SSSR count). The Labute approximate surface area is 144 Å². The van der Waals surface area contributed by atoms with Gasteiger partial charge in [0.15, 0.2) is 0 Å². The molecule has 0 saturated carbocycles. The van der Waals surface area contributed by atoms with Crippen LogP contribution in [0.5, 0.6) is 0 Å². The highest BCUT2D eigenvalue weighted by molar-refractivity contribution is 5.89. The molecule has 0 spiro atoms. The Kier molecular flexibility index (Phi) is 5.42. The van der Waals surface area contributed by atoms with Crippen molar-refractivity contribution in [2.75, 3.05) is 6.61 Å². The summed E-state index contributed by atoms with van der Waals surface area (Å²) in [5.41, 5.74) is 0.821. The molecule has 0 aromatic heterocycles. The molecule has 1 aliphatic heterocycles. The number of carbonyl (C=O) groups excluding carboxylic acids is 2. The van der Waals surface area contributed by atoms with Crippen molar-refractivity contribution in [3.8, 4) is 0 Å². The van der Waals surface area contributed by atoms with Crippen molar-refractivity contribution in [3.63, 3.8) is 0 Å². The number of esters is 2. The molecule has 25 heavy (non-hydrogen) atoms. The Hall–Kier alpha value is -2.70. The van der Waals surface area contributed by atoms with Crippen molar-refractivity contribution in [1.82, 2.24) is 0 Å². The first-order valence-electron chi connectivity index (χ1n) is 7.95. The molecule has 0 amide bonds. The van der Waals surface area contributed by atoms with Crippen LogP contribution in [0.1, 0.15) is 27.1 Å².